The molecule has 0 aliphatic carbocycles. The van der Waals surface area contributed by atoms with Gasteiger partial charge in [0.1, 0.15) is 24.1 Å². The summed E-state index contributed by atoms with van der Waals surface area (Å²) in [4.78, 5) is 28.9. The van der Waals surface area contributed by atoms with E-state index in [4.69, 9.17) is 21.1 Å². The maximum atomic E-state index is 14.1. The van der Waals surface area contributed by atoms with Crippen LogP contribution in [0, 0.1) is 5.92 Å². The molecule has 3 aromatic carbocycles. The number of amides is 2. The molecule has 226 valence electrons. The number of benzene rings is 3. The summed E-state index contributed by atoms with van der Waals surface area (Å²) in [6, 6.07) is 18.5. The predicted molar refractivity (Wildman–Crippen MR) is 164 cm³/mol. The van der Waals surface area contributed by atoms with Gasteiger partial charge in [-0.15, -0.1) is 0 Å². The lowest BCUT2D eigenvalue weighted by Crippen LogP contribution is -2.52. The Labute approximate surface area is 253 Å². The van der Waals surface area contributed by atoms with Gasteiger partial charge in [0.25, 0.3) is 10.0 Å². The Morgan fingerprint density at radius 2 is 1.57 bits per heavy atom. The van der Waals surface area contributed by atoms with Crippen LogP contribution in [-0.2, 0) is 26.2 Å². The lowest BCUT2D eigenvalue weighted by atomic mass is 10.1. The Balaban J connectivity index is 2.05. The second kappa shape index (κ2) is 14.9. The van der Waals surface area contributed by atoms with Gasteiger partial charge in [-0.3, -0.25) is 13.9 Å². The molecule has 0 bridgehead atoms. The average Bonchev–Trinajstić information content (AvgIpc) is 2.99. The molecule has 0 saturated heterocycles. The fourth-order valence-corrected chi connectivity index (χ4v) is 5.86. The molecule has 1 atom stereocenters. The van der Waals surface area contributed by atoms with Crippen molar-refractivity contribution in [3.05, 3.63) is 83.4 Å². The van der Waals surface area contributed by atoms with Crippen LogP contribution in [0.2, 0.25) is 5.02 Å². The number of nitrogens with one attached hydrogen (secondary N) is 1. The van der Waals surface area contributed by atoms with Gasteiger partial charge < -0.3 is 19.7 Å². The fraction of sp³-hybridized carbons (Fsp3) is 0.355. The molecule has 0 spiro atoms. The highest BCUT2D eigenvalue weighted by Gasteiger charge is 2.33. The van der Waals surface area contributed by atoms with E-state index in [1.807, 2.05) is 26.8 Å². The molecule has 0 aliphatic rings. The summed E-state index contributed by atoms with van der Waals surface area (Å²) in [6.07, 6.45) is 0.325. The third-order valence-electron chi connectivity index (χ3n) is 6.60. The molecule has 0 aliphatic heterocycles. The number of hydrogen-bond donors (Lipinski definition) is 1. The van der Waals surface area contributed by atoms with E-state index >= 15 is 0 Å². The van der Waals surface area contributed by atoms with Gasteiger partial charge in [0, 0.05) is 18.1 Å². The van der Waals surface area contributed by atoms with Crippen LogP contribution in [0.1, 0.15) is 32.8 Å². The van der Waals surface area contributed by atoms with Gasteiger partial charge in [-0.25, -0.2) is 8.42 Å². The summed E-state index contributed by atoms with van der Waals surface area (Å²) in [5.74, 6) is 0.451. The number of carbonyl (C=O) groups excluding carboxylic acids is 2. The van der Waals surface area contributed by atoms with Crippen molar-refractivity contribution in [1.82, 2.24) is 10.2 Å². The summed E-state index contributed by atoms with van der Waals surface area (Å²) in [6.45, 7) is 5.74. The van der Waals surface area contributed by atoms with Gasteiger partial charge in [-0.2, -0.15) is 0 Å². The van der Waals surface area contributed by atoms with E-state index in [1.165, 1.54) is 48.4 Å². The Bertz CT molecular complexity index is 1450. The number of halogens is 1. The van der Waals surface area contributed by atoms with Crippen molar-refractivity contribution < 1.29 is 27.5 Å². The Hall–Kier alpha value is -3.76. The molecule has 0 aromatic heterocycles. The highest BCUT2D eigenvalue weighted by molar-refractivity contribution is 7.92. The van der Waals surface area contributed by atoms with Crippen molar-refractivity contribution in [1.29, 1.82) is 0 Å². The summed E-state index contributed by atoms with van der Waals surface area (Å²) < 4.78 is 39.5. The van der Waals surface area contributed by atoms with Crippen LogP contribution < -0.4 is 19.1 Å². The second-order valence-corrected chi connectivity index (χ2v) is 12.4. The third kappa shape index (κ3) is 8.39. The molecule has 11 heteroatoms. The average molecular weight is 616 g/mol. The summed E-state index contributed by atoms with van der Waals surface area (Å²) in [7, 11) is -1.18. The molecule has 42 heavy (non-hydrogen) atoms. The molecule has 0 radical (unpaired) electrons. The minimum absolute atomic E-state index is 0.0212. The first kappa shape index (κ1) is 32.8. The molecular weight excluding hydrogens is 578 g/mol. The van der Waals surface area contributed by atoms with E-state index < -0.39 is 28.5 Å². The van der Waals surface area contributed by atoms with E-state index in [-0.39, 0.29) is 29.0 Å². The van der Waals surface area contributed by atoms with E-state index in [0.29, 0.717) is 29.5 Å². The van der Waals surface area contributed by atoms with Crippen LogP contribution in [0.25, 0.3) is 0 Å². The van der Waals surface area contributed by atoms with Crippen LogP contribution in [0.5, 0.6) is 11.5 Å². The van der Waals surface area contributed by atoms with Crippen LogP contribution in [0.4, 0.5) is 5.69 Å². The molecule has 0 fully saturated rings. The minimum atomic E-state index is -4.21. The molecule has 3 rings (SSSR count). The lowest BCUT2D eigenvalue weighted by Gasteiger charge is -2.33. The standard InChI is InChI=1S/C31H38ClN3O6S/c1-6-29(31(37)33-19-22(2)3)34(20-23-8-7-9-27(18-23)41-5)30(36)21-35(25-12-10-24(32)11-13-25)42(38,39)28-16-14-26(40-4)15-17-28/h7-18,22,29H,6,19-21H2,1-5H3,(H,33,37)/t29-/m0/s1. The first-order valence-corrected chi connectivity index (χ1v) is 15.4. The number of rotatable bonds is 14. The quantitative estimate of drug-likeness (QED) is 0.270. The number of ether oxygens (including phenoxy) is 2. The Kier molecular flexibility index (Phi) is 11.6. The van der Waals surface area contributed by atoms with Crippen LogP contribution in [-0.4, -0.2) is 58.5 Å². The number of hydrogen-bond acceptors (Lipinski definition) is 6. The highest BCUT2D eigenvalue weighted by Crippen LogP contribution is 2.27. The largest absolute Gasteiger partial charge is 0.497 e. The maximum absolute atomic E-state index is 14.1. The third-order valence-corrected chi connectivity index (χ3v) is 8.64. The SMILES string of the molecule is CC[C@@H](C(=O)NCC(C)C)N(Cc1cccc(OC)c1)C(=O)CN(c1ccc(Cl)cc1)S(=O)(=O)c1ccc(OC)cc1. The van der Waals surface area contributed by atoms with Crippen LogP contribution >= 0.6 is 11.6 Å². The summed E-state index contributed by atoms with van der Waals surface area (Å²) >= 11 is 6.09. The Morgan fingerprint density at radius 1 is 0.929 bits per heavy atom. The molecule has 9 nitrogen and oxygen atoms in total. The minimum Gasteiger partial charge on any atom is -0.497 e. The van der Waals surface area contributed by atoms with E-state index in [0.717, 1.165) is 9.87 Å². The van der Waals surface area contributed by atoms with Gasteiger partial charge >= 0.3 is 0 Å². The first-order valence-electron chi connectivity index (χ1n) is 13.6. The number of methoxy groups -OCH3 is 2. The summed E-state index contributed by atoms with van der Waals surface area (Å²) in [5, 5.41) is 3.34. The smallest absolute Gasteiger partial charge is 0.264 e. The summed E-state index contributed by atoms with van der Waals surface area (Å²) in [5.41, 5.74) is 0.982. The fourth-order valence-electron chi connectivity index (χ4n) is 4.32. The van der Waals surface area contributed by atoms with E-state index in [1.54, 1.807) is 37.4 Å². The number of carbonyl (C=O) groups is 2. The van der Waals surface area contributed by atoms with Crippen LogP contribution in [0.3, 0.4) is 0 Å². The zero-order valence-electron chi connectivity index (χ0n) is 24.5. The van der Waals surface area contributed by atoms with Gasteiger partial charge in [-0.05, 0) is 78.6 Å². The number of anilines is 1. The second-order valence-electron chi connectivity index (χ2n) is 10.1. The van der Waals surface area contributed by atoms with Gasteiger partial charge in [0.05, 0.1) is 24.8 Å². The first-order chi connectivity index (χ1) is 20.0. The molecular formula is C31H38ClN3O6S. The molecule has 2 amide bonds. The van der Waals surface area contributed by atoms with Crippen molar-refractivity contribution in [2.75, 3.05) is 31.6 Å². The van der Waals surface area contributed by atoms with Crippen LogP contribution in [0.15, 0.2) is 77.7 Å². The Morgan fingerprint density at radius 3 is 2.14 bits per heavy atom. The molecule has 0 heterocycles. The maximum Gasteiger partial charge on any atom is 0.264 e. The van der Waals surface area contributed by atoms with Crippen molar-refractivity contribution in [3.63, 3.8) is 0 Å². The zero-order valence-corrected chi connectivity index (χ0v) is 26.1. The van der Waals surface area contributed by atoms with Crippen molar-refractivity contribution in [3.8, 4) is 11.5 Å². The van der Waals surface area contributed by atoms with Crippen molar-refractivity contribution in [2.45, 2.75) is 44.7 Å². The van der Waals surface area contributed by atoms with Gasteiger partial charge in [-0.1, -0.05) is 44.5 Å². The number of nitrogens with zero attached hydrogens (tertiary/aromatic N) is 2. The zero-order chi connectivity index (χ0) is 30.9. The number of sulfonamides is 1. The molecule has 0 saturated carbocycles. The van der Waals surface area contributed by atoms with Gasteiger partial charge in [0.15, 0.2) is 0 Å². The molecule has 0 unspecified atom stereocenters. The topological polar surface area (TPSA) is 105 Å². The molecule has 1 N–H and O–H groups in total. The highest BCUT2D eigenvalue weighted by atomic mass is 35.5. The normalized spacial score (nSPS) is 12.0. The van der Waals surface area contributed by atoms with Crippen molar-refractivity contribution >= 4 is 39.1 Å². The van der Waals surface area contributed by atoms with Gasteiger partial charge in [0.2, 0.25) is 11.8 Å². The predicted octanol–water partition coefficient (Wildman–Crippen LogP) is 5.13. The van der Waals surface area contributed by atoms with E-state index in [2.05, 4.69) is 5.32 Å². The van der Waals surface area contributed by atoms with Crippen molar-refractivity contribution in [2.24, 2.45) is 5.92 Å². The lowest BCUT2D eigenvalue weighted by molar-refractivity contribution is -0.140. The van der Waals surface area contributed by atoms with E-state index in [9.17, 15) is 18.0 Å². The molecule has 3 aromatic rings. The monoisotopic (exact) mass is 615 g/mol.